The Kier molecular flexibility index (Phi) is 5.78. The molecule has 126 valence electrons. The van der Waals surface area contributed by atoms with Crippen molar-refractivity contribution in [1.82, 2.24) is 9.78 Å². The van der Waals surface area contributed by atoms with Crippen molar-refractivity contribution in [2.75, 3.05) is 6.61 Å². The minimum absolute atomic E-state index is 0. The molecule has 0 atom stereocenters. The molecule has 0 radical (unpaired) electrons. The highest BCUT2D eigenvalue weighted by Crippen LogP contribution is 2.22. The summed E-state index contributed by atoms with van der Waals surface area (Å²) < 4.78 is 47.9. The SMILES string of the molecule is C.CCOc1cc(F)c(Cn2nc(C(=N)N)c(F)c2C)c(F)c1. The van der Waals surface area contributed by atoms with Crippen LogP contribution < -0.4 is 10.5 Å². The van der Waals surface area contributed by atoms with E-state index in [1.165, 1.54) is 6.92 Å². The average Bonchev–Trinajstić information content (AvgIpc) is 2.71. The van der Waals surface area contributed by atoms with Crippen LogP contribution in [0.15, 0.2) is 12.1 Å². The minimum Gasteiger partial charge on any atom is -0.494 e. The van der Waals surface area contributed by atoms with Crippen molar-refractivity contribution in [3.05, 3.63) is 46.5 Å². The van der Waals surface area contributed by atoms with Crippen LogP contribution in [0, 0.1) is 29.8 Å². The summed E-state index contributed by atoms with van der Waals surface area (Å²) >= 11 is 0. The number of aromatic nitrogens is 2. The molecule has 0 aliphatic heterocycles. The van der Waals surface area contributed by atoms with Gasteiger partial charge in [0.15, 0.2) is 11.5 Å². The molecule has 0 saturated carbocycles. The highest BCUT2D eigenvalue weighted by atomic mass is 19.1. The van der Waals surface area contributed by atoms with Crippen molar-refractivity contribution in [2.45, 2.75) is 27.8 Å². The van der Waals surface area contributed by atoms with Crippen LogP contribution in [-0.2, 0) is 6.54 Å². The van der Waals surface area contributed by atoms with Crippen LogP contribution in [0.1, 0.15) is 31.3 Å². The third-order valence-electron chi connectivity index (χ3n) is 3.12. The molecular weight excluding hydrogens is 309 g/mol. The molecule has 5 nitrogen and oxygen atoms in total. The number of benzene rings is 1. The number of nitrogens with zero attached hydrogens (tertiary/aromatic N) is 2. The Morgan fingerprint density at radius 1 is 1.30 bits per heavy atom. The second kappa shape index (κ2) is 7.17. The molecule has 1 aromatic heterocycles. The van der Waals surface area contributed by atoms with Crippen LogP contribution in [0.2, 0.25) is 0 Å². The monoisotopic (exact) mass is 328 g/mol. The van der Waals surface area contributed by atoms with Gasteiger partial charge in [-0.05, 0) is 13.8 Å². The van der Waals surface area contributed by atoms with Gasteiger partial charge in [-0.2, -0.15) is 5.10 Å². The van der Waals surface area contributed by atoms with E-state index in [4.69, 9.17) is 15.9 Å². The average molecular weight is 328 g/mol. The van der Waals surface area contributed by atoms with Crippen molar-refractivity contribution in [3.63, 3.8) is 0 Å². The van der Waals surface area contributed by atoms with Gasteiger partial charge in [-0.15, -0.1) is 0 Å². The molecule has 0 aliphatic rings. The lowest BCUT2D eigenvalue weighted by molar-refractivity contribution is 0.335. The first-order valence-electron chi connectivity index (χ1n) is 6.53. The van der Waals surface area contributed by atoms with Crippen molar-refractivity contribution < 1.29 is 17.9 Å². The minimum atomic E-state index is -0.817. The molecule has 2 aromatic rings. The Balaban J connectivity index is 0.00000264. The van der Waals surface area contributed by atoms with Gasteiger partial charge in [0.1, 0.15) is 23.2 Å². The maximum Gasteiger partial charge on any atom is 0.175 e. The Morgan fingerprint density at radius 3 is 2.30 bits per heavy atom. The summed E-state index contributed by atoms with van der Waals surface area (Å²) in [5, 5.41) is 11.0. The molecule has 1 heterocycles. The van der Waals surface area contributed by atoms with E-state index in [9.17, 15) is 13.2 Å². The first kappa shape index (κ1) is 18.5. The van der Waals surface area contributed by atoms with Crippen molar-refractivity contribution in [3.8, 4) is 5.75 Å². The summed E-state index contributed by atoms with van der Waals surface area (Å²) in [5.74, 6) is -2.88. The molecule has 1 aromatic carbocycles. The van der Waals surface area contributed by atoms with E-state index < -0.39 is 23.3 Å². The zero-order valence-electron chi connectivity index (χ0n) is 12.1. The largest absolute Gasteiger partial charge is 0.494 e. The summed E-state index contributed by atoms with van der Waals surface area (Å²) in [6.45, 7) is 3.05. The summed E-state index contributed by atoms with van der Waals surface area (Å²) in [6.07, 6.45) is 0. The van der Waals surface area contributed by atoms with Crippen LogP contribution in [-0.4, -0.2) is 22.2 Å². The normalized spacial score (nSPS) is 10.3. The lowest BCUT2D eigenvalue weighted by atomic mass is 10.2. The highest BCUT2D eigenvalue weighted by molar-refractivity contribution is 5.93. The van der Waals surface area contributed by atoms with Crippen molar-refractivity contribution >= 4 is 5.84 Å². The van der Waals surface area contributed by atoms with Gasteiger partial charge in [-0.1, -0.05) is 7.43 Å². The zero-order chi connectivity index (χ0) is 16.4. The fourth-order valence-electron chi connectivity index (χ4n) is 1.98. The second-order valence-corrected chi connectivity index (χ2v) is 4.62. The van der Waals surface area contributed by atoms with E-state index in [-0.39, 0.29) is 43.3 Å². The summed E-state index contributed by atoms with van der Waals surface area (Å²) in [5.41, 5.74) is 4.63. The van der Waals surface area contributed by atoms with Crippen LogP contribution in [0.4, 0.5) is 13.2 Å². The lowest BCUT2D eigenvalue weighted by Gasteiger charge is -2.10. The standard InChI is InChI=1S/C14H15F3N4O.CH4/c1-3-22-8-4-10(15)9(11(16)5-8)6-21-7(2)12(17)13(20-21)14(18)19;/h4-5H,3,6H2,1-2H3,(H3,18,19);1H4. The molecule has 0 amide bonds. The number of halogens is 3. The van der Waals surface area contributed by atoms with Crippen LogP contribution >= 0.6 is 0 Å². The maximum atomic E-state index is 14.0. The third-order valence-corrected chi connectivity index (χ3v) is 3.12. The number of nitrogens with two attached hydrogens (primary N) is 1. The number of amidine groups is 1. The van der Waals surface area contributed by atoms with Gasteiger partial charge >= 0.3 is 0 Å². The quantitative estimate of drug-likeness (QED) is 0.654. The molecule has 2 rings (SSSR count). The maximum absolute atomic E-state index is 14.0. The number of nitrogens with one attached hydrogen (secondary N) is 1. The van der Waals surface area contributed by atoms with Gasteiger partial charge in [-0.25, -0.2) is 13.2 Å². The smallest absolute Gasteiger partial charge is 0.175 e. The molecule has 23 heavy (non-hydrogen) atoms. The first-order chi connectivity index (χ1) is 10.3. The van der Waals surface area contributed by atoms with E-state index in [0.717, 1.165) is 16.8 Å². The van der Waals surface area contributed by atoms with Crippen LogP contribution in [0.3, 0.4) is 0 Å². The Labute approximate surface area is 132 Å². The Bertz CT molecular complexity index is 705. The van der Waals surface area contributed by atoms with E-state index >= 15 is 0 Å². The molecule has 8 heteroatoms. The molecule has 0 saturated heterocycles. The summed E-state index contributed by atoms with van der Waals surface area (Å²) in [6, 6.07) is 2.12. The number of ether oxygens (including phenoxy) is 1. The highest BCUT2D eigenvalue weighted by Gasteiger charge is 2.19. The molecule has 3 N–H and O–H groups in total. The van der Waals surface area contributed by atoms with Gasteiger partial charge in [0.2, 0.25) is 0 Å². The van der Waals surface area contributed by atoms with Crippen LogP contribution in [0.5, 0.6) is 5.75 Å². The van der Waals surface area contributed by atoms with Gasteiger partial charge in [-0.3, -0.25) is 10.1 Å². The summed E-state index contributed by atoms with van der Waals surface area (Å²) in [4.78, 5) is 0. The lowest BCUT2D eigenvalue weighted by Crippen LogP contribution is -2.14. The molecule has 0 spiro atoms. The van der Waals surface area contributed by atoms with E-state index in [1.807, 2.05) is 0 Å². The predicted octanol–water partition coefficient (Wildman–Crippen LogP) is 2.98. The predicted molar refractivity (Wildman–Crippen MR) is 81.3 cm³/mol. The first-order valence-corrected chi connectivity index (χ1v) is 6.53. The van der Waals surface area contributed by atoms with Crippen LogP contribution in [0.25, 0.3) is 0 Å². The van der Waals surface area contributed by atoms with Crippen molar-refractivity contribution in [1.29, 1.82) is 5.41 Å². The van der Waals surface area contributed by atoms with Crippen molar-refractivity contribution in [2.24, 2.45) is 5.73 Å². The van der Waals surface area contributed by atoms with Gasteiger partial charge in [0, 0.05) is 17.7 Å². The topological polar surface area (TPSA) is 76.9 Å². The Hall–Kier alpha value is -2.51. The van der Waals surface area contributed by atoms with Gasteiger partial charge in [0.25, 0.3) is 0 Å². The van der Waals surface area contributed by atoms with Gasteiger partial charge in [0.05, 0.1) is 18.8 Å². The van der Waals surface area contributed by atoms with Gasteiger partial charge < -0.3 is 10.5 Å². The fourth-order valence-corrected chi connectivity index (χ4v) is 1.98. The molecule has 0 aliphatic carbocycles. The Morgan fingerprint density at radius 2 is 1.87 bits per heavy atom. The fraction of sp³-hybridized carbons (Fsp3) is 0.333. The van der Waals surface area contributed by atoms with E-state index in [1.54, 1.807) is 6.92 Å². The van der Waals surface area contributed by atoms with E-state index in [0.29, 0.717) is 0 Å². The number of rotatable bonds is 5. The molecule has 0 bridgehead atoms. The number of hydrogen-bond acceptors (Lipinski definition) is 3. The van der Waals surface area contributed by atoms with E-state index in [2.05, 4.69) is 5.10 Å². The number of nitrogen functional groups attached to an aromatic ring is 1. The summed E-state index contributed by atoms with van der Waals surface area (Å²) in [7, 11) is 0. The number of hydrogen-bond donors (Lipinski definition) is 2. The second-order valence-electron chi connectivity index (χ2n) is 4.62. The molecule has 0 unspecified atom stereocenters. The third kappa shape index (κ3) is 3.64. The molecule has 0 fully saturated rings. The zero-order valence-corrected chi connectivity index (χ0v) is 12.1. The molecular formula is C15H19F3N4O.